The van der Waals surface area contributed by atoms with E-state index in [1.165, 1.54) is 44.1 Å². The third-order valence-corrected chi connectivity index (χ3v) is 8.10. The van der Waals surface area contributed by atoms with Crippen molar-refractivity contribution in [3.05, 3.63) is 59.8 Å². The summed E-state index contributed by atoms with van der Waals surface area (Å²) >= 11 is 0. The smallest absolute Gasteiger partial charge is 0.335 e. The Morgan fingerprint density at radius 1 is 1.00 bits per heavy atom. The molecule has 4 fully saturated rings. The van der Waals surface area contributed by atoms with E-state index in [9.17, 15) is 4.79 Å². The topological polar surface area (TPSA) is 75.2 Å². The first-order valence-electron chi connectivity index (χ1n) is 11.6. The first-order valence-corrected chi connectivity index (χ1v) is 11.6. The molecular weight excluding hydrogens is 400 g/mol. The van der Waals surface area contributed by atoms with E-state index in [4.69, 9.17) is 9.84 Å². The number of H-pyrrole nitrogens is 1. The standard InChI is InChI=1S/C27H28N2O3/c1-32-24-7-6-21(11-22(24)27-12-16-8-17(13-27)10-18(9-16)14-27)23-15-28-25(29-23)19-2-4-20(5-3-19)26(30)31/h2-7,11,15-18H,8-10,12-14H2,1H3,(H,28,29)(H,30,31). The molecule has 0 aliphatic heterocycles. The molecule has 0 atom stereocenters. The number of carboxylic acid groups (broad SMARTS) is 1. The molecule has 0 amide bonds. The van der Waals surface area contributed by atoms with Crippen LogP contribution in [0.2, 0.25) is 0 Å². The van der Waals surface area contributed by atoms with Crippen molar-refractivity contribution < 1.29 is 14.6 Å². The first kappa shape index (κ1) is 19.6. The van der Waals surface area contributed by atoms with E-state index in [0.717, 1.165) is 46.1 Å². The van der Waals surface area contributed by atoms with Crippen molar-refractivity contribution in [2.75, 3.05) is 7.11 Å². The summed E-state index contributed by atoms with van der Waals surface area (Å²) in [5.74, 6) is 3.46. The normalized spacial score (nSPS) is 28.1. The van der Waals surface area contributed by atoms with E-state index < -0.39 is 5.97 Å². The van der Waals surface area contributed by atoms with Gasteiger partial charge in [0, 0.05) is 16.7 Å². The number of benzene rings is 2. The second kappa shape index (κ2) is 7.22. The lowest BCUT2D eigenvalue weighted by Gasteiger charge is -2.57. The summed E-state index contributed by atoms with van der Waals surface area (Å²) in [5, 5.41) is 9.12. The largest absolute Gasteiger partial charge is 0.496 e. The molecule has 3 aromatic rings. The van der Waals surface area contributed by atoms with Crippen molar-refractivity contribution in [1.29, 1.82) is 0 Å². The number of carbonyl (C=O) groups is 1. The number of carboxylic acids is 1. The fourth-order valence-electron chi connectivity index (χ4n) is 7.12. The summed E-state index contributed by atoms with van der Waals surface area (Å²) in [7, 11) is 1.79. The molecule has 1 aromatic heterocycles. The van der Waals surface area contributed by atoms with E-state index in [1.54, 1.807) is 31.4 Å². The molecule has 1 heterocycles. The molecule has 0 unspecified atom stereocenters. The highest BCUT2D eigenvalue weighted by Crippen LogP contribution is 2.62. The monoisotopic (exact) mass is 428 g/mol. The van der Waals surface area contributed by atoms with Crippen LogP contribution in [0.4, 0.5) is 0 Å². The molecule has 2 N–H and O–H groups in total. The van der Waals surface area contributed by atoms with Crippen LogP contribution in [0.25, 0.3) is 22.6 Å². The van der Waals surface area contributed by atoms with Gasteiger partial charge in [0.1, 0.15) is 11.6 Å². The third-order valence-electron chi connectivity index (χ3n) is 8.10. The van der Waals surface area contributed by atoms with Crippen LogP contribution < -0.4 is 4.74 Å². The van der Waals surface area contributed by atoms with E-state index in [1.807, 2.05) is 6.20 Å². The van der Waals surface area contributed by atoms with Crippen LogP contribution in [0, 0.1) is 17.8 Å². The van der Waals surface area contributed by atoms with Gasteiger partial charge in [-0.05, 0) is 92.0 Å². The predicted octanol–water partition coefficient (Wildman–Crippen LogP) is 5.92. The van der Waals surface area contributed by atoms with E-state index in [-0.39, 0.29) is 11.0 Å². The number of rotatable bonds is 5. The molecule has 4 saturated carbocycles. The van der Waals surface area contributed by atoms with E-state index >= 15 is 0 Å². The summed E-state index contributed by atoms with van der Waals surface area (Å²) in [5.41, 5.74) is 4.87. The molecule has 164 valence electrons. The quantitative estimate of drug-likeness (QED) is 0.529. The number of imidazole rings is 1. The summed E-state index contributed by atoms with van der Waals surface area (Å²) in [6, 6.07) is 13.4. The maximum absolute atomic E-state index is 11.1. The van der Waals surface area contributed by atoms with Crippen LogP contribution in [-0.4, -0.2) is 28.2 Å². The fraction of sp³-hybridized carbons (Fsp3) is 0.407. The molecule has 32 heavy (non-hydrogen) atoms. The highest BCUT2D eigenvalue weighted by molar-refractivity contribution is 5.88. The molecule has 2 aromatic carbocycles. The number of aromatic amines is 1. The zero-order chi connectivity index (χ0) is 21.9. The van der Waals surface area contributed by atoms with Crippen molar-refractivity contribution in [3.8, 4) is 28.4 Å². The Morgan fingerprint density at radius 2 is 1.62 bits per heavy atom. The summed E-state index contributed by atoms with van der Waals surface area (Å²) in [6.07, 6.45) is 10.0. The lowest BCUT2D eigenvalue weighted by molar-refractivity contribution is -0.00613. The minimum Gasteiger partial charge on any atom is -0.496 e. The number of hydrogen-bond donors (Lipinski definition) is 2. The van der Waals surface area contributed by atoms with Gasteiger partial charge in [0.05, 0.1) is 24.6 Å². The maximum atomic E-state index is 11.1. The van der Waals surface area contributed by atoms with Crippen LogP contribution >= 0.6 is 0 Å². The predicted molar refractivity (Wildman–Crippen MR) is 123 cm³/mol. The van der Waals surface area contributed by atoms with Gasteiger partial charge in [-0.3, -0.25) is 0 Å². The Morgan fingerprint density at radius 3 is 2.22 bits per heavy atom. The van der Waals surface area contributed by atoms with Gasteiger partial charge in [0.2, 0.25) is 0 Å². The van der Waals surface area contributed by atoms with Crippen LogP contribution in [0.5, 0.6) is 5.75 Å². The SMILES string of the molecule is COc1ccc(-c2cnc(-c3ccc(C(=O)O)cc3)[nH]2)cc1C12CC3CC(CC(C3)C1)C2. The van der Waals surface area contributed by atoms with Gasteiger partial charge in [0.25, 0.3) is 0 Å². The summed E-state index contributed by atoms with van der Waals surface area (Å²) in [6.45, 7) is 0. The number of nitrogens with zero attached hydrogens (tertiary/aromatic N) is 1. The Bertz CT molecular complexity index is 1140. The zero-order valence-corrected chi connectivity index (χ0v) is 18.3. The molecule has 4 bridgehead atoms. The minimum absolute atomic E-state index is 0.256. The van der Waals surface area contributed by atoms with Gasteiger partial charge in [-0.2, -0.15) is 0 Å². The van der Waals surface area contributed by atoms with Crippen molar-refractivity contribution in [2.24, 2.45) is 17.8 Å². The lowest BCUT2D eigenvalue weighted by atomic mass is 9.48. The molecule has 4 aliphatic rings. The van der Waals surface area contributed by atoms with Gasteiger partial charge >= 0.3 is 5.97 Å². The van der Waals surface area contributed by atoms with Crippen LogP contribution in [0.1, 0.15) is 54.4 Å². The molecular formula is C27H28N2O3. The summed E-state index contributed by atoms with van der Waals surface area (Å²) in [4.78, 5) is 19.1. The number of aromatic carboxylic acids is 1. The maximum Gasteiger partial charge on any atom is 0.335 e. The first-order chi connectivity index (χ1) is 15.5. The van der Waals surface area contributed by atoms with Crippen LogP contribution in [0.15, 0.2) is 48.7 Å². The number of ether oxygens (including phenoxy) is 1. The number of aromatic nitrogens is 2. The molecule has 5 heteroatoms. The third kappa shape index (κ3) is 3.14. The van der Waals surface area contributed by atoms with Crippen LogP contribution in [0.3, 0.4) is 0 Å². The van der Waals surface area contributed by atoms with Gasteiger partial charge < -0.3 is 14.8 Å². The lowest BCUT2D eigenvalue weighted by Crippen LogP contribution is -2.48. The zero-order valence-electron chi connectivity index (χ0n) is 18.3. The molecule has 7 rings (SSSR count). The van der Waals surface area contributed by atoms with E-state index in [0.29, 0.717) is 0 Å². The van der Waals surface area contributed by atoms with Crippen LogP contribution in [-0.2, 0) is 5.41 Å². The Kier molecular flexibility index (Phi) is 4.42. The Hall–Kier alpha value is -3.08. The van der Waals surface area contributed by atoms with Crippen molar-refractivity contribution in [3.63, 3.8) is 0 Å². The molecule has 0 radical (unpaired) electrons. The number of hydrogen-bond acceptors (Lipinski definition) is 3. The molecule has 4 aliphatic carbocycles. The summed E-state index contributed by atoms with van der Waals surface area (Å²) < 4.78 is 5.86. The van der Waals surface area contributed by atoms with Crippen molar-refractivity contribution in [1.82, 2.24) is 9.97 Å². The van der Waals surface area contributed by atoms with Crippen molar-refractivity contribution >= 4 is 5.97 Å². The minimum atomic E-state index is -0.924. The Labute approximate surface area is 187 Å². The van der Waals surface area contributed by atoms with Gasteiger partial charge in [-0.15, -0.1) is 0 Å². The fourth-order valence-corrected chi connectivity index (χ4v) is 7.12. The molecule has 5 nitrogen and oxygen atoms in total. The van der Waals surface area contributed by atoms with Gasteiger partial charge in [0.15, 0.2) is 0 Å². The second-order valence-electron chi connectivity index (χ2n) is 10.1. The highest BCUT2D eigenvalue weighted by atomic mass is 16.5. The van der Waals surface area contributed by atoms with E-state index in [2.05, 4.69) is 28.2 Å². The molecule has 0 spiro atoms. The second-order valence-corrected chi connectivity index (χ2v) is 10.1. The number of methoxy groups -OCH3 is 1. The highest BCUT2D eigenvalue weighted by Gasteiger charge is 2.52. The van der Waals surface area contributed by atoms with Gasteiger partial charge in [-0.25, -0.2) is 9.78 Å². The average Bonchev–Trinajstić information content (AvgIpc) is 3.28. The van der Waals surface area contributed by atoms with Crippen molar-refractivity contribution in [2.45, 2.75) is 43.9 Å². The number of nitrogens with one attached hydrogen (secondary N) is 1. The Balaban J connectivity index is 1.35. The van der Waals surface area contributed by atoms with Gasteiger partial charge in [-0.1, -0.05) is 12.1 Å². The average molecular weight is 429 g/mol. The molecule has 0 saturated heterocycles.